The van der Waals surface area contributed by atoms with Crippen LogP contribution < -0.4 is 9.04 Å². The summed E-state index contributed by atoms with van der Waals surface area (Å²) in [7, 11) is -2.49. The second-order valence-corrected chi connectivity index (χ2v) is 12.0. The van der Waals surface area contributed by atoms with Crippen LogP contribution in [0.15, 0.2) is 121 Å². The number of pyridine rings is 1. The minimum Gasteiger partial charge on any atom is -0.494 e. The SMILES string of the molecule is C=CS(=O)(=O)N(C)c1c2cccnc2c(OC(c2ccccc2)c2ccccc2)c2c(O)n(Cc3ccc(F)cc3)cc12. The fourth-order valence-electron chi connectivity index (χ4n) is 5.29. The van der Waals surface area contributed by atoms with Crippen molar-refractivity contribution in [1.82, 2.24) is 9.55 Å². The molecular weight excluding hydrogens is 565 g/mol. The van der Waals surface area contributed by atoms with E-state index in [0.29, 0.717) is 33.1 Å². The fourth-order valence-corrected chi connectivity index (χ4v) is 5.97. The van der Waals surface area contributed by atoms with Gasteiger partial charge in [-0.15, -0.1) is 0 Å². The standard InChI is InChI=1S/C34H28FN3O4S/c1-3-43(40,41)37(2)31-27-15-10-20-36-30(27)33(42-32(24-11-6-4-7-12-24)25-13-8-5-9-14-25)29-28(31)22-38(34(29)39)21-23-16-18-26(35)19-17-23/h3-20,22,32,39H,1,21H2,2H3. The Balaban J connectivity index is 1.65. The Bertz CT molecular complexity index is 2010. The van der Waals surface area contributed by atoms with Crippen molar-refractivity contribution >= 4 is 37.4 Å². The molecule has 0 aliphatic heterocycles. The lowest BCUT2D eigenvalue weighted by atomic mass is 10.0. The predicted octanol–water partition coefficient (Wildman–Crippen LogP) is 7.16. The second kappa shape index (κ2) is 11.3. The molecule has 0 aliphatic carbocycles. The maximum absolute atomic E-state index is 13.6. The lowest BCUT2D eigenvalue weighted by Crippen LogP contribution is -2.24. The van der Waals surface area contributed by atoms with Crippen molar-refractivity contribution in [3.05, 3.63) is 144 Å². The van der Waals surface area contributed by atoms with Crippen LogP contribution in [0.25, 0.3) is 21.7 Å². The van der Waals surface area contributed by atoms with Gasteiger partial charge in [0, 0.05) is 35.6 Å². The molecule has 6 rings (SSSR count). The molecule has 1 N–H and O–H groups in total. The van der Waals surface area contributed by atoms with Crippen LogP contribution in [0.3, 0.4) is 0 Å². The molecule has 0 fully saturated rings. The van der Waals surface area contributed by atoms with Crippen molar-refractivity contribution in [3.63, 3.8) is 0 Å². The van der Waals surface area contributed by atoms with Crippen molar-refractivity contribution in [2.75, 3.05) is 11.4 Å². The number of aromatic hydroxyl groups is 1. The van der Waals surface area contributed by atoms with Gasteiger partial charge < -0.3 is 14.4 Å². The van der Waals surface area contributed by atoms with E-state index < -0.39 is 16.1 Å². The third kappa shape index (κ3) is 5.19. The molecule has 6 aromatic rings. The molecule has 0 spiro atoms. The fraction of sp³-hybridized carbons (Fsp3) is 0.0882. The zero-order valence-electron chi connectivity index (χ0n) is 23.3. The van der Waals surface area contributed by atoms with Crippen LogP contribution >= 0.6 is 0 Å². The Kier molecular flexibility index (Phi) is 7.33. The van der Waals surface area contributed by atoms with Crippen LogP contribution in [0.4, 0.5) is 10.1 Å². The van der Waals surface area contributed by atoms with Gasteiger partial charge in [-0.05, 0) is 41.0 Å². The quantitative estimate of drug-likeness (QED) is 0.192. The average Bonchev–Trinajstić information content (AvgIpc) is 3.35. The number of sulfonamides is 1. The van der Waals surface area contributed by atoms with Crippen molar-refractivity contribution in [1.29, 1.82) is 0 Å². The monoisotopic (exact) mass is 593 g/mol. The zero-order chi connectivity index (χ0) is 30.1. The number of fused-ring (bicyclic) bond motifs is 2. The summed E-state index contributed by atoms with van der Waals surface area (Å²) in [6.07, 6.45) is 2.70. The van der Waals surface area contributed by atoms with E-state index in [1.807, 2.05) is 60.7 Å². The molecule has 9 heteroatoms. The number of halogens is 1. The summed E-state index contributed by atoms with van der Waals surface area (Å²) in [5.41, 5.74) is 3.19. The van der Waals surface area contributed by atoms with Gasteiger partial charge >= 0.3 is 0 Å². The number of aromatic nitrogens is 2. The molecule has 4 aromatic carbocycles. The minimum absolute atomic E-state index is 0.146. The highest BCUT2D eigenvalue weighted by Crippen LogP contribution is 2.48. The molecule has 0 bridgehead atoms. The van der Waals surface area contributed by atoms with E-state index in [1.54, 1.807) is 41.2 Å². The lowest BCUT2D eigenvalue weighted by molar-refractivity contribution is 0.252. The van der Waals surface area contributed by atoms with Crippen molar-refractivity contribution < 1.29 is 22.7 Å². The zero-order valence-corrected chi connectivity index (χ0v) is 24.1. The molecule has 2 aromatic heterocycles. The Morgan fingerprint density at radius 2 is 1.58 bits per heavy atom. The molecule has 7 nitrogen and oxygen atoms in total. The van der Waals surface area contributed by atoms with Gasteiger partial charge in [-0.3, -0.25) is 9.29 Å². The Morgan fingerprint density at radius 3 is 2.19 bits per heavy atom. The molecule has 216 valence electrons. The molecule has 0 amide bonds. The largest absolute Gasteiger partial charge is 0.494 e. The number of ether oxygens (including phenoxy) is 1. The van der Waals surface area contributed by atoms with Crippen LogP contribution in [0, 0.1) is 5.82 Å². The van der Waals surface area contributed by atoms with Crippen LogP contribution in [0.1, 0.15) is 22.8 Å². The summed E-state index contributed by atoms with van der Waals surface area (Å²) < 4.78 is 49.4. The van der Waals surface area contributed by atoms with Gasteiger partial charge in [0.25, 0.3) is 10.0 Å². The molecule has 0 saturated carbocycles. The highest BCUT2D eigenvalue weighted by molar-refractivity contribution is 7.95. The van der Waals surface area contributed by atoms with E-state index in [2.05, 4.69) is 11.6 Å². The van der Waals surface area contributed by atoms with E-state index in [4.69, 9.17) is 4.74 Å². The maximum Gasteiger partial charge on any atom is 0.256 e. The molecule has 2 heterocycles. The lowest BCUT2D eigenvalue weighted by Gasteiger charge is -2.24. The summed E-state index contributed by atoms with van der Waals surface area (Å²) in [4.78, 5) is 4.63. The summed E-state index contributed by atoms with van der Waals surface area (Å²) in [5, 5.41) is 13.9. The van der Waals surface area contributed by atoms with Gasteiger partial charge in [0.1, 0.15) is 17.4 Å². The summed E-state index contributed by atoms with van der Waals surface area (Å²) in [6, 6.07) is 28.8. The number of hydrogen-bond acceptors (Lipinski definition) is 5. The van der Waals surface area contributed by atoms with Crippen LogP contribution in [-0.4, -0.2) is 30.1 Å². The molecular formula is C34H28FN3O4S. The number of hydrogen-bond donors (Lipinski definition) is 1. The van der Waals surface area contributed by atoms with Gasteiger partial charge in [-0.1, -0.05) is 79.4 Å². The molecule has 0 radical (unpaired) electrons. The predicted molar refractivity (Wildman–Crippen MR) is 167 cm³/mol. The third-order valence-corrected chi connectivity index (χ3v) is 8.79. The summed E-state index contributed by atoms with van der Waals surface area (Å²) >= 11 is 0. The number of anilines is 1. The van der Waals surface area contributed by atoms with Crippen LogP contribution in [-0.2, 0) is 16.6 Å². The summed E-state index contributed by atoms with van der Waals surface area (Å²) in [6.45, 7) is 3.69. The molecule has 43 heavy (non-hydrogen) atoms. The van der Waals surface area contributed by atoms with Gasteiger partial charge in [0.15, 0.2) is 5.75 Å². The van der Waals surface area contributed by atoms with Crippen molar-refractivity contribution in [2.45, 2.75) is 12.6 Å². The average molecular weight is 594 g/mol. The van der Waals surface area contributed by atoms with E-state index in [1.165, 1.54) is 19.2 Å². The molecule has 0 unspecified atom stereocenters. The van der Waals surface area contributed by atoms with E-state index in [9.17, 15) is 17.9 Å². The van der Waals surface area contributed by atoms with Crippen LogP contribution in [0.2, 0.25) is 0 Å². The topological polar surface area (TPSA) is 84.7 Å². The van der Waals surface area contributed by atoms with Gasteiger partial charge in [0.05, 0.1) is 17.6 Å². The van der Waals surface area contributed by atoms with E-state index >= 15 is 0 Å². The Labute approximate surface area is 248 Å². The number of rotatable bonds is 9. The normalized spacial score (nSPS) is 11.7. The van der Waals surface area contributed by atoms with Crippen molar-refractivity contribution in [3.8, 4) is 11.6 Å². The highest BCUT2D eigenvalue weighted by atomic mass is 32.2. The smallest absolute Gasteiger partial charge is 0.256 e. The van der Waals surface area contributed by atoms with Gasteiger partial charge in [-0.25, -0.2) is 12.8 Å². The number of nitrogens with zero attached hydrogens (tertiary/aromatic N) is 3. The number of benzene rings is 4. The molecule has 0 atom stereocenters. The maximum atomic E-state index is 13.6. The second-order valence-electron chi connectivity index (χ2n) is 10.1. The highest BCUT2D eigenvalue weighted by Gasteiger charge is 2.29. The summed E-state index contributed by atoms with van der Waals surface area (Å²) in [5.74, 6) is -0.218. The Hall–Kier alpha value is -5.15. The first-order valence-corrected chi connectivity index (χ1v) is 15.0. The van der Waals surface area contributed by atoms with Crippen molar-refractivity contribution in [2.24, 2.45) is 0 Å². The van der Waals surface area contributed by atoms with Crippen LogP contribution in [0.5, 0.6) is 11.6 Å². The molecule has 0 saturated heterocycles. The minimum atomic E-state index is -3.93. The third-order valence-electron chi connectivity index (χ3n) is 7.42. The van der Waals surface area contributed by atoms with Gasteiger partial charge in [-0.2, -0.15) is 0 Å². The van der Waals surface area contributed by atoms with E-state index in [0.717, 1.165) is 26.4 Å². The van der Waals surface area contributed by atoms with Gasteiger partial charge in [0.2, 0.25) is 5.88 Å². The first kappa shape index (κ1) is 28.0. The first-order chi connectivity index (χ1) is 20.8. The first-order valence-electron chi connectivity index (χ1n) is 13.5. The Morgan fingerprint density at radius 1 is 0.953 bits per heavy atom. The van der Waals surface area contributed by atoms with E-state index in [-0.39, 0.29) is 18.2 Å². The molecule has 0 aliphatic rings.